The van der Waals surface area contributed by atoms with Gasteiger partial charge in [-0.25, -0.2) is 9.59 Å². The molecule has 1 aromatic carbocycles. The highest BCUT2D eigenvalue weighted by Gasteiger charge is 2.33. The van der Waals surface area contributed by atoms with Crippen LogP contribution >= 0.6 is 34.8 Å². The van der Waals surface area contributed by atoms with Crippen molar-refractivity contribution >= 4 is 56.9 Å². The minimum atomic E-state index is -5.04. The van der Waals surface area contributed by atoms with Crippen LogP contribution < -0.4 is 0 Å². The fourth-order valence-corrected chi connectivity index (χ4v) is 3.52. The Morgan fingerprint density at radius 3 is 1.37 bits per heavy atom. The van der Waals surface area contributed by atoms with Gasteiger partial charge in [0.05, 0.1) is 26.2 Å². The van der Waals surface area contributed by atoms with Gasteiger partial charge in [-0.15, -0.1) is 0 Å². The summed E-state index contributed by atoms with van der Waals surface area (Å²) in [5.74, 6) is -3.56. The molecule has 0 amide bonds. The van der Waals surface area contributed by atoms with Crippen LogP contribution in [0.3, 0.4) is 0 Å². The Bertz CT molecular complexity index is 654. The first-order chi connectivity index (χ1) is 8.50. The van der Waals surface area contributed by atoms with Crippen molar-refractivity contribution in [2.45, 2.75) is 4.90 Å². The minimum absolute atomic E-state index is 0.845. The smallest absolute Gasteiger partial charge is 0.338 e. The zero-order chi connectivity index (χ0) is 15.1. The predicted molar refractivity (Wildman–Crippen MR) is 65.2 cm³/mol. The molecule has 0 fully saturated rings. The molecule has 1 rings (SSSR count). The number of aromatic carboxylic acids is 2. The van der Waals surface area contributed by atoms with Crippen LogP contribution in [0.25, 0.3) is 0 Å². The molecule has 3 N–H and O–H groups in total. The number of carboxylic acid groups (broad SMARTS) is 2. The lowest BCUT2D eigenvalue weighted by Crippen LogP contribution is -2.12. The third-order valence-corrected chi connectivity index (χ3v) is 4.24. The largest absolute Gasteiger partial charge is 0.478 e. The topological polar surface area (TPSA) is 129 Å². The Balaban J connectivity index is 4.08. The second-order valence-electron chi connectivity index (χ2n) is 3.11. The number of rotatable bonds is 3. The van der Waals surface area contributed by atoms with Crippen molar-refractivity contribution in [2.24, 2.45) is 0 Å². The summed E-state index contributed by atoms with van der Waals surface area (Å²) in [6, 6.07) is 0. The Hall–Kier alpha value is -1.06. The van der Waals surface area contributed by atoms with Gasteiger partial charge in [-0.1, -0.05) is 34.8 Å². The van der Waals surface area contributed by atoms with Crippen molar-refractivity contribution in [1.29, 1.82) is 0 Å². The first kappa shape index (κ1) is 16.0. The van der Waals surface area contributed by atoms with Gasteiger partial charge in [0.1, 0.15) is 4.90 Å². The maximum absolute atomic E-state index is 11.1. The normalized spacial score (nSPS) is 11.4. The number of hydrogen-bond donors (Lipinski definition) is 3. The van der Waals surface area contributed by atoms with Crippen LogP contribution in [0.4, 0.5) is 0 Å². The summed E-state index contributed by atoms with van der Waals surface area (Å²) in [5.41, 5.74) is -1.98. The Labute approximate surface area is 121 Å². The van der Waals surface area contributed by atoms with E-state index in [0.29, 0.717) is 0 Å². The summed E-state index contributed by atoms with van der Waals surface area (Å²) in [7, 11) is -5.04. The van der Waals surface area contributed by atoms with Gasteiger partial charge >= 0.3 is 11.9 Å². The third kappa shape index (κ3) is 2.77. The molecule has 0 aliphatic heterocycles. The van der Waals surface area contributed by atoms with Crippen LogP contribution in [-0.2, 0) is 10.1 Å². The van der Waals surface area contributed by atoms with Crippen molar-refractivity contribution in [3.63, 3.8) is 0 Å². The lowest BCUT2D eigenvalue weighted by atomic mass is 10.1. The molecule has 1 aromatic rings. The molecule has 0 aliphatic carbocycles. The van der Waals surface area contributed by atoms with Gasteiger partial charge in [0.15, 0.2) is 0 Å². The SMILES string of the molecule is O=C(O)c1c(Cl)c(C(=O)O)c(Cl)c(S(=O)(=O)O)c1Cl. The van der Waals surface area contributed by atoms with Gasteiger partial charge in [0.2, 0.25) is 0 Å². The van der Waals surface area contributed by atoms with Crippen LogP contribution in [0.1, 0.15) is 20.7 Å². The van der Waals surface area contributed by atoms with E-state index in [9.17, 15) is 18.0 Å². The fourth-order valence-electron chi connectivity index (χ4n) is 1.24. The summed E-state index contributed by atoms with van der Waals surface area (Å²) >= 11 is 16.5. The number of carbonyl (C=O) groups is 2. The van der Waals surface area contributed by atoms with Crippen LogP contribution in [0.5, 0.6) is 0 Å². The number of hydrogen-bond acceptors (Lipinski definition) is 4. The molecule has 0 unspecified atom stereocenters. The molecule has 7 nitrogen and oxygen atoms in total. The summed E-state index contributed by atoms with van der Waals surface area (Å²) in [6.45, 7) is 0. The monoisotopic (exact) mass is 348 g/mol. The molecule has 0 saturated carbocycles. The van der Waals surface area contributed by atoms with Crippen molar-refractivity contribution in [1.82, 2.24) is 0 Å². The lowest BCUT2D eigenvalue weighted by molar-refractivity contribution is 0.0696. The number of benzene rings is 1. The van der Waals surface area contributed by atoms with Gasteiger partial charge in [-0.2, -0.15) is 8.42 Å². The molecule has 0 radical (unpaired) electrons. The molecule has 0 spiro atoms. The molecular formula is C8H3Cl3O7S. The predicted octanol–water partition coefficient (Wildman–Crippen LogP) is 2.29. The lowest BCUT2D eigenvalue weighted by Gasteiger charge is -2.12. The second kappa shape index (κ2) is 5.14. The average Bonchev–Trinajstić information content (AvgIpc) is 2.12. The van der Waals surface area contributed by atoms with E-state index >= 15 is 0 Å². The van der Waals surface area contributed by atoms with E-state index in [0.717, 1.165) is 0 Å². The highest BCUT2D eigenvalue weighted by Crippen LogP contribution is 2.40. The fraction of sp³-hybridized carbons (Fsp3) is 0. The van der Waals surface area contributed by atoms with Crippen molar-refractivity contribution in [3.8, 4) is 0 Å². The maximum Gasteiger partial charge on any atom is 0.338 e. The van der Waals surface area contributed by atoms with Gasteiger partial charge in [-0.05, 0) is 0 Å². The van der Waals surface area contributed by atoms with Gasteiger partial charge < -0.3 is 10.2 Å². The van der Waals surface area contributed by atoms with E-state index in [1.165, 1.54) is 0 Å². The van der Waals surface area contributed by atoms with Gasteiger partial charge in [-0.3, -0.25) is 4.55 Å². The molecule has 104 valence electrons. The van der Waals surface area contributed by atoms with E-state index < -0.39 is 53.1 Å². The minimum Gasteiger partial charge on any atom is -0.478 e. The molecule has 0 bridgehead atoms. The van der Waals surface area contributed by atoms with Gasteiger partial charge in [0.25, 0.3) is 10.1 Å². The van der Waals surface area contributed by atoms with Crippen molar-refractivity contribution in [3.05, 3.63) is 26.2 Å². The average molecular weight is 350 g/mol. The highest BCUT2D eigenvalue weighted by molar-refractivity contribution is 7.86. The molecule has 0 aliphatic rings. The van der Waals surface area contributed by atoms with E-state index in [4.69, 9.17) is 49.6 Å². The standard InChI is InChI=1S/C8H3Cl3O7S/c9-3-1(7(12)13)4(10)6(19(16,17)18)5(11)2(3)8(14)15/h(H,12,13)(H,14,15)(H,16,17,18). The van der Waals surface area contributed by atoms with Crippen LogP contribution in [0.15, 0.2) is 4.90 Å². The highest BCUT2D eigenvalue weighted by atomic mass is 35.5. The Morgan fingerprint density at radius 2 is 1.16 bits per heavy atom. The number of carboxylic acids is 2. The first-order valence-electron chi connectivity index (χ1n) is 4.14. The van der Waals surface area contributed by atoms with Crippen LogP contribution in [0.2, 0.25) is 15.1 Å². The van der Waals surface area contributed by atoms with E-state index in [-0.39, 0.29) is 0 Å². The summed E-state index contributed by atoms with van der Waals surface area (Å²) in [6.07, 6.45) is 0. The molecule has 19 heavy (non-hydrogen) atoms. The zero-order valence-corrected chi connectivity index (χ0v) is 11.6. The van der Waals surface area contributed by atoms with E-state index in [2.05, 4.69) is 0 Å². The van der Waals surface area contributed by atoms with E-state index in [1.807, 2.05) is 0 Å². The summed E-state index contributed by atoms with van der Waals surface area (Å²) < 4.78 is 31.1. The van der Waals surface area contributed by atoms with Gasteiger partial charge in [0, 0.05) is 0 Å². The summed E-state index contributed by atoms with van der Waals surface area (Å²) in [5, 5.41) is 14.9. The molecule has 0 aromatic heterocycles. The van der Waals surface area contributed by atoms with Crippen molar-refractivity contribution in [2.75, 3.05) is 0 Å². The summed E-state index contributed by atoms with van der Waals surface area (Å²) in [4.78, 5) is 20.6. The maximum atomic E-state index is 11.1. The van der Waals surface area contributed by atoms with E-state index in [1.54, 1.807) is 0 Å². The first-order valence-corrected chi connectivity index (χ1v) is 6.72. The van der Waals surface area contributed by atoms with Crippen molar-refractivity contribution < 1.29 is 32.8 Å². The zero-order valence-electron chi connectivity index (χ0n) is 8.52. The van der Waals surface area contributed by atoms with Crippen LogP contribution in [0, 0.1) is 0 Å². The Kier molecular flexibility index (Phi) is 4.33. The third-order valence-electron chi connectivity index (χ3n) is 1.96. The molecular weight excluding hydrogens is 347 g/mol. The molecule has 0 atom stereocenters. The molecule has 11 heteroatoms. The Morgan fingerprint density at radius 1 is 0.842 bits per heavy atom. The molecule has 0 saturated heterocycles. The molecule has 0 heterocycles. The second-order valence-corrected chi connectivity index (χ2v) is 5.60. The van der Waals surface area contributed by atoms with Crippen LogP contribution in [-0.4, -0.2) is 35.1 Å². The number of halogens is 3. The quantitative estimate of drug-likeness (QED) is 0.714.